The lowest BCUT2D eigenvalue weighted by atomic mass is 10.2. The van der Waals surface area contributed by atoms with E-state index < -0.39 is 37.4 Å². The van der Waals surface area contributed by atoms with E-state index in [1.807, 2.05) is 0 Å². The molecule has 112 valence electrons. The summed E-state index contributed by atoms with van der Waals surface area (Å²) in [5.41, 5.74) is 0. The van der Waals surface area contributed by atoms with Crippen molar-refractivity contribution in [3.63, 3.8) is 0 Å². The average molecular weight is 351 g/mol. The zero-order valence-corrected chi connectivity index (χ0v) is 13.0. The summed E-state index contributed by atoms with van der Waals surface area (Å²) in [5.74, 6) is -3.08. The van der Waals surface area contributed by atoms with Crippen molar-refractivity contribution < 1.29 is 22.0 Å². The van der Waals surface area contributed by atoms with Crippen LogP contribution in [0.25, 0.3) is 0 Å². The molecule has 2 rings (SSSR count). The van der Waals surface area contributed by atoms with E-state index >= 15 is 0 Å². The van der Waals surface area contributed by atoms with Gasteiger partial charge in [-0.3, -0.25) is 4.79 Å². The second-order valence-electron chi connectivity index (χ2n) is 4.23. The number of hydrogen-bond donors (Lipinski definition) is 0. The molecular weight excluding hydrogens is 342 g/mol. The number of thiophene rings is 1. The summed E-state index contributed by atoms with van der Waals surface area (Å²) in [6.07, 6.45) is 0. The van der Waals surface area contributed by atoms with Gasteiger partial charge in [0.15, 0.2) is 27.3 Å². The zero-order chi connectivity index (χ0) is 15.8. The monoisotopic (exact) mass is 350 g/mol. The molecule has 1 heterocycles. The van der Waals surface area contributed by atoms with Gasteiger partial charge in [-0.2, -0.15) is 0 Å². The van der Waals surface area contributed by atoms with Gasteiger partial charge in [0.05, 0.1) is 14.1 Å². The van der Waals surface area contributed by atoms with Crippen molar-refractivity contribution in [1.29, 1.82) is 0 Å². The molecule has 21 heavy (non-hydrogen) atoms. The van der Waals surface area contributed by atoms with Crippen LogP contribution in [0.3, 0.4) is 0 Å². The van der Waals surface area contributed by atoms with Gasteiger partial charge < -0.3 is 0 Å². The molecular formula is C13H9ClF2O3S2. The third-order valence-corrected chi connectivity index (χ3v) is 6.17. The largest absolute Gasteiger partial charge is 0.292 e. The van der Waals surface area contributed by atoms with Gasteiger partial charge in [-0.25, -0.2) is 17.2 Å². The Balaban J connectivity index is 2.38. The topological polar surface area (TPSA) is 51.2 Å². The summed E-state index contributed by atoms with van der Waals surface area (Å²) in [5, 5.41) is -1.42. The minimum absolute atomic E-state index is 0.193. The van der Waals surface area contributed by atoms with Crippen molar-refractivity contribution in [3.8, 4) is 0 Å². The normalized spacial score (nSPS) is 13.1. The summed E-state index contributed by atoms with van der Waals surface area (Å²) < 4.78 is 50.9. The fraction of sp³-hybridized carbons (Fsp3) is 0.154. The molecule has 1 aromatic carbocycles. The third-order valence-electron chi connectivity index (χ3n) is 2.87. The molecule has 1 atom stereocenters. The number of rotatable bonds is 4. The number of Topliss-reactive ketones (excluding diaryl/α,β-unsaturated/α-hetero) is 1. The maximum Gasteiger partial charge on any atom is 0.191 e. The Hall–Kier alpha value is -1.31. The van der Waals surface area contributed by atoms with E-state index in [2.05, 4.69) is 0 Å². The molecule has 0 aliphatic heterocycles. The molecule has 1 aromatic heterocycles. The quantitative estimate of drug-likeness (QED) is 0.623. The van der Waals surface area contributed by atoms with E-state index in [0.717, 1.165) is 17.4 Å². The lowest BCUT2D eigenvalue weighted by molar-refractivity contribution is 0.0995. The Kier molecular flexibility index (Phi) is 4.46. The highest BCUT2D eigenvalue weighted by molar-refractivity contribution is 7.92. The van der Waals surface area contributed by atoms with Crippen LogP contribution in [0.4, 0.5) is 8.78 Å². The van der Waals surface area contributed by atoms with Crippen LogP contribution in [0, 0.1) is 11.6 Å². The van der Waals surface area contributed by atoms with Gasteiger partial charge in [-0.1, -0.05) is 11.6 Å². The van der Waals surface area contributed by atoms with Crippen LogP contribution in [-0.4, -0.2) is 19.5 Å². The van der Waals surface area contributed by atoms with Gasteiger partial charge in [-0.05, 0) is 37.3 Å². The molecule has 0 saturated carbocycles. The number of benzene rings is 1. The fourth-order valence-electron chi connectivity index (χ4n) is 1.65. The first-order valence-corrected chi connectivity index (χ1v) is 8.46. The number of carbonyl (C=O) groups is 1. The van der Waals surface area contributed by atoms with E-state index in [1.54, 1.807) is 0 Å². The van der Waals surface area contributed by atoms with Crippen molar-refractivity contribution in [1.82, 2.24) is 0 Å². The molecule has 0 radical (unpaired) electrons. The number of carbonyl (C=O) groups excluding carboxylic acids is 1. The van der Waals surface area contributed by atoms with Crippen LogP contribution in [0.15, 0.2) is 35.2 Å². The highest BCUT2D eigenvalue weighted by Crippen LogP contribution is 2.26. The van der Waals surface area contributed by atoms with Crippen molar-refractivity contribution in [2.45, 2.75) is 17.1 Å². The maximum absolute atomic E-state index is 13.2. The number of hydrogen-bond acceptors (Lipinski definition) is 4. The summed E-state index contributed by atoms with van der Waals surface area (Å²) in [6.45, 7) is 1.20. The third kappa shape index (κ3) is 3.14. The summed E-state index contributed by atoms with van der Waals surface area (Å²) in [7, 11) is -4.11. The van der Waals surface area contributed by atoms with Gasteiger partial charge in [-0.15, -0.1) is 11.3 Å². The van der Waals surface area contributed by atoms with Crippen molar-refractivity contribution in [3.05, 3.63) is 51.2 Å². The smallest absolute Gasteiger partial charge is 0.191 e. The molecule has 0 aliphatic carbocycles. The Bertz CT molecular complexity index is 799. The van der Waals surface area contributed by atoms with Crippen LogP contribution < -0.4 is 0 Å². The second kappa shape index (κ2) is 5.82. The molecule has 0 bridgehead atoms. The first-order valence-electron chi connectivity index (χ1n) is 5.72. The molecule has 0 aliphatic rings. The molecule has 2 aromatic rings. The first-order chi connectivity index (χ1) is 9.73. The minimum Gasteiger partial charge on any atom is -0.292 e. The van der Waals surface area contributed by atoms with Crippen molar-refractivity contribution in [2.24, 2.45) is 0 Å². The molecule has 3 nitrogen and oxygen atoms in total. The predicted octanol–water partition coefficient (Wildman–Crippen LogP) is 3.72. The van der Waals surface area contributed by atoms with E-state index in [1.165, 1.54) is 19.1 Å². The minimum atomic E-state index is -4.11. The number of sulfone groups is 1. The lowest BCUT2D eigenvalue weighted by Crippen LogP contribution is -2.27. The van der Waals surface area contributed by atoms with Gasteiger partial charge in [0.2, 0.25) is 0 Å². The SMILES string of the molecule is CC(C(=O)c1ccc(Cl)s1)S(=O)(=O)c1ccc(F)c(F)c1. The van der Waals surface area contributed by atoms with Crippen LogP contribution in [-0.2, 0) is 9.84 Å². The Morgan fingerprint density at radius 3 is 2.38 bits per heavy atom. The van der Waals surface area contributed by atoms with Gasteiger partial charge in [0, 0.05) is 0 Å². The van der Waals surface area contributed by atoms with Gasteiger partial charge in [0.25, 0.3) is 0 Å². The van der Waals surface area contributed by atoms with Crippen LogP contribution in [0.2, 0.25) is 4.34 Å². The van der Waals surface area contributed by atoms with Crippen molar-refractivity contribution >= 4 is 38.6 Å². The second-order valence-corrected chi connectivity index (χ2v) is 8.21. The maximum atomic E-state index is 13.2. The van der Waals surface area contributed by atoms with Crippen molar-refractivity contribution in [2.75, 3.05) is 0 Å². The first kappa shape index (κ1) is 16.1. The van der Waals surface area contributed by atoms with E-state index in [0.29, 0.717) is 16.5 Å². The molecule has 8 heteroatoms. The van der Waals surface area contributed by atoms with Gasteiger partial charge >= 0.3 is 0 Å². The van der Waals surface area contributed by atoms with E-state index in [9.17, 15) is 22.0 Å². The number of ketones is 1. The molecule has 0 N–H and O–H groups in total. The summed E-state index contributed by atoms with van der Waals surface area (Å²) >= 11 is 6.66. The zero-order valence-electron chi connectivity index (χ0n) is 10.6. The molecule has 0 fully saturated rings. The van der Waals surface area contributed by atoms with Crippen LogP contribution >= 0.6 is 22.9 Å². The van der Waals surface area contributed by atoms with Crippen LogP contribution in [0.5, 0.6) is 0 Å². The fourth-order valence-corrected chi connectivity index (χ4v) is 4.14. The standard InChI is InChI=1S/C13H9ClF2O3S2/c1-7(13(17)11-4-5-12(14)20-11)21(18,19)8-2-3-9(15)10(16)6-8/h2-7H,1H3. The molecule has 0 spiro atoms. The average Bonchev–Trinajstić information content (AvgIpc) is 2.86. The van der Waals surface area contributed by atoms with E-state index in [-0.39, 0.29) is 4.88 Å². The molecule has 0 amide bonds. The Morgan fingerprint density at radius 1 is 1.19 bits per heavy atom. The van der Waals surface area contributed by atoms with E-state index in [4.69, 9.17) is 11.6 Å². The highest BCUT2D eigenvalue weighted by atomic mass is 35.5. The predicted molar refractivity (Wildman–Crippen MR) is 76.7 cm³/mol. The summed E-state index contributed by atoms with van der Waals surface area (Å²) in [6, 6.07) is 5.11. The Labute approximate surface area is 129 Å². The highest BCUT2D eigenvalue weighted by Gasteiger charge is 2.31. The summed E-state index contributed by atoms with van der Waals surface area (Å²) in [4.78, 5) is 11.9. The molecule has 0 saturated heterocycles. The van der Waals surface area contributed by atoms with Gasteiger partial charge in [0.1, 0.15) is 5.25 Å². The Morgan fingerprint density at radius 2 is 1.86 bits per heavy atom. The van der Waals surface area contributed by atoms with Crippen LogP contribution in [0.1, 0.15) is 16.6 Å². The molecule has 1 unspecified atom stereocenters. The number of halogens is 3. The lowest BCUT2D eigenvalue weighted by Gasteiger charge is -2.11.